The lowest BCUT2D eigenvalue weighted by molar-refractivity contribution is -0.122. The van der Waals surface area contributed by atoms with Gasteiger partial charge in [-0.05, 0) is 64.5 Å². The van der Waals surface area contributed by atoms with Gasteiger partial charge in [-0.1, -0.05) is 0 Å². The summed E-state index contributed by atoms with van der Waals surface area (Å²) in [7, 11) is 4.72. The number of imide groups is 1. The van der Waals surface area contributed by atoms with E-state index in [0.29, 0.717) is 36.0 Å². The van der Waals surface area contributed by atoms with Crippen LogP contribution < -0.4 is 9.47 Å². The molecule has 2 amide bonds. The van der Waals surface area contributed by atoms with Crippen molar-refractivity contribution in [2.24, 2.45) is 0 Å². The van der Waals surface area contributed by atoms with Gasteiger partial charge in [0.1, 0.15) is 0 Å². The Balaban J connectivity index is 2.24. The molecule has 0 spiro atoms. The second-order valence-corrected chi connectivity index (χ2v) is 7.07. The molecule has 0 bridgehead atoms. The lowest BCUT2D eigenvalue weighted by Crippen LogP contribution is -2.29. The highest BCUT2D eigenvalue weighted by atomic mass is 127. The zero-order valence-electron chi connectivity index (χ0n) is 13.6. The highest BCUT2D eigenvalue weighted by molar-refractivity contribution is 14.1. The van der Waals surface area contributed by atoms with Crippen LogP contribution in [0.4, 0.5) is 4.79 Å². The topological polar surface area (TPSA) is 65.1 Å². The number of nitrogens with zero attached hydrogens (tertiary/aromatic N) is 1. The summed E-state index contributed by atoms with van der Waals surface area (Å²) in [6.45, 7) is 0.869. The second kappa shape index (κ2) is 8.72. The molecule has 130 valence electrons. The number of carbonyl (C=O) groups excluding carboxylic acids is 2. The molecule has 1 aliphatic heterocycles. The van der Waals surface area contributed by atoms with Crippen molar-refractivity contribution in [2.75, 3.05) is 34.5 Å². The summed E-state index contributed by atoms with van der Waals surface area (Å²) < 4.78 is 16.4. The minimum atomic E-state index is -0.272. The van der Waals surface area contributed by atoms with Crippen LogP contribution in [0.2, 0.25) is 0 Å². The van der Waals surface area contributed by atoms with Gasteiger partial charge in [-0.15, -0.1) is 0 Å². The van der Waals surface area contributed by atoms with Crippen LogP contribution in [0.5, 0.6) is 11.5 Å². The van der Waals surface area contributed by atoms with E-state index < -0.39 is 0 Å². The van der Waals surface area contributed by atoms with Crippen molar-refractivity contribution in [1.82, 2.24) is 4.90 Å². The average molecular weight is 463 g/mol. The molecule has 8 heteroatoms. The van der Waals surface area contributed by atoms with Crippen LogP contribution in [-0.4, -0.2) is 50.5 Å². The summed E-state index contributed by atoms with van der Waals surface area (Å²) in [5.41, 5.74) is 0.777. The third kappa shape index (κ3) is 4.22. The van der Waals surface area contributed by atoms with E-state index in [2.05, 4.69) is 22.6 Å². The first-order valence-corrected chi connectivity index (χ1v) is 9.07. The van der Waals surface area contributed by atoms with Gasteiger partial charge in [-0.3, -0.25) is 14.5 Å². The van der Waals surface area contributed by atoms with Crippen LogP contribution in [0.3, 0.4) is 0 Å². The second-order valence-electron chi connectivity index (χ2n) is 4.92. The molecule has 1 fully saturated rings. The maximum Gasteiger partial charge on any atom is 0.293 e. The van der Waals surface area contributed by atoms with Crippen molar-refractivity contribution in [3.63, 3.8) is 0 Å². The Morgan fingerprint density at radius 1 is 1.21 bits per heavy atom. The fraction of sp³-hybridized carbons (Fsp3) is 0.375. The van der Waals surface area contributed by atoms with Gasteiger partial charge in [-0.25, -0.2) is 0 Å². The van der Waals surface area contributed by atoms with Crippen molar-refractivity contribution in [1.29, 1.82) is 0 Å². The number of ether oxygens (including phenoxy) is 3. The van der Waals surface area contributed by atoms with E-state index in [1.807, 2.05) is 6.07 Å². The van der Waals surface area contributed by atoms with Crippen LogP contribution in [0.15, 0.2) is 17.0 Å². The minimum absolute atomic E-state index is 0.252. The molecule has 0 aliphatic carbocycles. The van der Waals surface area contributed by atoms with E-state index in [4.69, 9.17) is 14.2 Å². The molecule has 0 unspecified atom stereocenters. The van der Waals surface area contributed by atoms with Gasteiger partial charge < -0.3 is 14.2 Å². The van der Waals surface area contributed by atoms with Crippen molar-refractivity contribution >= 4 is 51.6 Å². The Bertz CT molecular complexity index is 677. The standard InChI is InChI=1S/C16H18INO5S/c1-21-6-4-5-18-15(19)13(24-16(18)20)9-10-7-11(17)14(23-3)12(8-10)22-2/h7-9H,4-6H2,1-3H3/b13-9+. The summed E-state index contributed by atoms with van der Waals surface area (Å²) in [5, 5.41) is -0.252. The highest BCUT2D eigenvalue weighted by Crippen LogP contribution is 2.37. The van der Waals surface area contributed by atoms with Gasteiger partial charge in [0.15, 0.2) is 11.5 Å². The normalized spacial score (nSPS) is 16.2. The molecule has 1 heterocycles. The van der Waals surface area contributed by atoms with Crippen molar-refractivity contribution in [3.8, 4) is 11.5 Å². The number of thioether (sulfide) groups is 1. The smallest absolute Gasteiger partial charge is 0.293 e. The van der Waals surface area contributed by atoms with Crippen LogP contribution in [-0.2, 0) is 9.53 Å². The molecule has 6 nitrogen and oxygen atoms in total. The van der Waals surface area contributed by atoms with Gasteiger partial charge in [0.25, 0.3) is 11.1 Å². The first-order chi connectivity index (χ1) is 11.5. The van der Waals surface area contributed by atoms with Crippen molar-refractivity contribution < 1.29 is 23.8 Å². The quantitative estimate of drug-likeness (QED) is 0.351. The minimum Gasteiger partial charge on any atom is -0.493 e. The van der Waals surface area contributed by atoms with Crippen molar-refractivity contribution in [2.45, 2.75) is 6.42 Å². The number of benzene rings is 1. The molecule has 1 aliphatic rings. The van der Waals surface area contributed by atoms with Gasteiger partial charge in [0.2, 0.25) is 0 Å². The number of rotatable bonds is 7. The Morgan fingerprint density at radius 3 is 2.58 bits per heavy atom. The molecule has 0 saturated carbocycles. The van der Waals surface area contributed by atoms with Gasteiger partial charge in [0, 0.05) is 20.3 Å². The van der Waals surface area contributed by atoms with Crippen LogP contribution in [0.1, 0.15) is 12.0 Å². The third-order valence-electron chi connectivity index (χ3n) is 3.36. The van der Waals surface area contributed by atoms with E-state index >= 15 is 0 Å². The number of hydrogen-bond donors (Lipinski definition) is 0. The van der Waals surface area contributed by atoms with Crippen LogP contribution in [0, 0.1) is 3.57 Å². The zero-order chi connectivity index (χ0) is 17.7. The van der Waals surface area contributed by atoms with E-state index in [9.17, 15) is 9.59 Å². The monoisotopic (exact) mass is 463 g/mol. The Hall–Kier alpha value is -1.26. The fourth-order valence-electron chi connectivity index (χ4n) is 2.23. The predicted molar refractivity (Wildman–Crippen MR) is 101 cm³/mol. The Kier molecular flexibility index (Phi) is 6.93. The predicted octanol–water partition coefficient (Wildman–Crippen LogP) is 3.38. The lowest BCUT2D eigenvalue weighted by Gasteiger charge is -2.12. The maximum absolute atomic E-state index is 12.4. The fourth-order valence-corrected chi connectivity index (χ4v) is 3.94. The third-order valence-corrected chi connectivity index (χ3v) is 5.07. The number of carbonyl (C=O) groups is 2. The molecular formula is C16H18INO5S. The van der Waals surface area contributed by atoms with Gasteiger partial charge in [-0.2, -0.15) is 0 Å². The summed E-state index contributed by atoms with van der Waals surface area (Å²) in [6, 6.07) is 3.65. The molecule has 0 atom stereocenters. The molecular weight excluding hydrogens is 445 g/mol. The van der Waals surface area contributed by atoms with Gasteiger partial charge >= 0.3 is 0 Å². The average Bonchev–Trinajstić information content (AvgIpc) is 2.81. The Morgan fingerprint density at radius 2 is 1.96 bits per heavy atom. The number of halogens is 1. The first-order valence-electron chi connectivity index (χ1n) is 7.17. The molecule has 0 N–H and O–H groups in total. The summed E-state index contributed by atoms with van der Waals surface area (Å²) in [6.07, 6.45) is 2.32. The number of amides is 2. The largest absolute Gasteiger partial charge is 0.493 e. The molecule has 1 saturated heterocycles. The molecule has 1 aromatic rings. The van der Waals surface area contributed by atoms with E-state index in [0.717, 1.165) is 20.9 Å². The molecule has 0 aromatic heterocycles. The zero-order valence-corrected chi connectivity index (χ0v) is 16.6. The van der Waals surface area contributed by atoms with Gasteiger partial charge in [0.05, 0.1) is 22.7 Å². The van der Waals surface area contributed by atoms with Crippen LogP contribution >= 0.6 is 34.4 Å². The molecule has 1 aromatic carbocycles. The molecule has 24 heavy (non-hydrogen) atoms. The van der Waals surface area contributed by atoms with E-state index in [1.54, 1.807) is 33.5 Å². The summed E-state index contributed by atoms with van der Waals surface area (Å²) in [5.74, 6) is 0.948. The first kappa shape index (κ1) is 19.1. The highest BCUT2D eigenvalue weighted by Gasteiger charge is 2.34. The van der Waals surface area contributed by atoms with Crippen LogP contribution in [0.25, 0.3) is 6.08 Å². The van der Waals surface area contributed by atoms with E-state index in [1.165, 1.54) is 4.90 Å². The Labute approximate surface area is 158 Å². The van der Waals surface area contributed by atoms with Crippen molar-refractivity contribution in [3.05, 3.63) is 26.2 Å². The number of methoxy groups -OCH3 is 3. The summed E-state index contributed by atoms with van der Waals surface area (Å²) in [4.78, 5) is 26.1. The molecule has 2 rings (SSSR count). The SMILES string of the molecule is COCCCN1C(=O)S/C(=C/c2cc(I)c(OC)c(OC)c2)C1=O. The maximum atomic E-state index is 12.4. The molecule has 0 radical (unpaired) electrons. The lowest BCUT2D eigenvalue weighted by atomic mass is 10.2. The number of hydrogen-bond acceptors (Lipinski definition) is 6. The van der Waals surface area contributed by atoms with E-state index in [-0.39, 0.29) is 11.1 Å². The summed E-state index contributed by atoms with van der Waals surface area (Å²) >= 11 is 3.09.